The number of nitrogens with two attached hydrogens (primary N) is 1. The molecule has 0 saturated carbocycles. The van der Waals surface area contributed by atoms with Gasteiger partial charge in [-0.25, -0.2) is 0 Å². The second-order valence-electron chi connectivity index (χ2n) is 4.09. The van der Waals surface area contributed by atoms with Crippen LogP contribution in [0, 0.1) is 6.92 Å². The fraction of sp³-hybridized carbons (Fsp3) is 0.200. The van der Waals surface area contributed by atoms with Crippen LogP contribution in [0.2, 0.25) is 0 Å². The van der Waals surface area contributed by atoms with Gasteiger partial charge in [0, 0.05) is 0 Å². The molecule has 0 amide bonds. The average molecular weight is 242 g/mol. The molecule has 0 radical (unpaired) electrons. The SMILES string of the molecule is CCOc1ccccc1Nc1cccc(C)c1N. The molecule has 2 aromatic carbocycles. The molecular formula is C15H18N2O. The largest absolute Gasteiger partial charge is 0.492 e. The second kappa shape index (κ2) is 5.45. The maximum atomic E-state index is 6.05. The summed E-state index contributed by atoms with van der Waals surface area (Å²) < 4.78 is 5.58. The van der Waals surface area contributed by atoms with E-state index in [9.17, 15) is 0 Å². The Morgan fingerprint density at radius 3 is 2.56 bits per heavy atom. The summed E-state index contributed by atoms with van der Waals surface area (Å²) in [5.41, 5.74) is 9.71. The predicted octanol–water partition coefficient (Wildman–Crippen LogP) is 3.72. The van der Waals surface area contributed by atoms with Crippen molar-refractivity contribution in [2.45, 2.75) is 13.8 Å². The summed E-state index contributed by atoms with van der Waals surface area (Å²) in [6.07, 6.45) is 0. The highest BCUT2D eigenvalue weighted by Crippen LogP contribution is 2.31. The quantitative estimate of drug-likeness (QED) is 0.803. The van der Waals surface area contributed by atoms with Gasteiger partial charge < -0.3 is 15.8 Å². The maximum Gasteiger partial charge on any atom is 0.142 e. The van der Waals surface area contributed by atoms with Gasteiger partial charge in [0.15, 0.2) is 0 Å². The first-order valence-electron chi connectivity index (χ1n) is 6.06. The number of aryl methyl sites for hydroxylation is 1. The molecule has 0 aliphatic carbocycles. The molecule has 3 nitrogen and oxygen atoms in total. The third-order valence-electron chi connectivity index (χ3n) is 2.78. The van der Waals surface area contributed by atoms with Gasteiger partial charge in [-0.15, -0.1) is 0 Å². The molecule has 0 fully saturated rings. The Morgan fingerprint density at radius 2 is 1.78 bits per heavy atom. The van der Waals surface area contributed by atoms with Gasteiger partial charge in [-0.05, 0) is 37.6 Å². The van der Waals surface area contributed by atoms with Crippen molar-refractivity contribution in [1.29, 1.82) is 0 Å². The summed E-state index contributed by atoms with van der Waals surface area (Å²) >= 11 is 0. The smallest absolute Gasteiger partial charge is 0.142 e. The van der Waals surface area contributed by atoms with Crippen LogP contribution in [-0.4, -0.2) is 6.61 Å². The Bertz CT molecular complexity index is 538. The third kappa shape index (κ3) is 2.56. The van der Waals surface area contributed by atoms with Crippen LogP contribution in [0.1, 0.15) is 12.5 Å². The number of hydrogen-bond acceptors (Lipinski definition) is 3. The van der Waals surface area contributed by atoms with Gasteiger partial charge in [0.05, 0.1) is 23.7 Å². The summed E-state index contributed by atoms with van der Waals surface area (Å²) in [4.78, 5) is 0. The lowest BCUT2D eigenvalue weighted by Gasteiger charge is -2.14. The Labute approximate surface area is 108 Å². The zero-order valence-corrected chi connectivity index (χ0v) is 10.7. The maximum absolute atomic E-state index is 6.05. The number of ether oxygens (including phenoxy) is 1. The molecule has 0 spiro atoms. The van der Waals surface area contributed by atoms with E-state index in [1.807, 2.05) is 56.3 Å². The molecule has 2 rings (SSSR count). The first-order valence-corrected chi connectivity index (χ1v) is 6.06. The zero-order valence-electron chi connectivity index (χ0n) is 10.7. The van der Waals surface area contributed by atoms with Crippen LogP contribution in [-0.2, 0) is 0 Å². The van der Waals surface area contributed by atoms with Crippen molar-refractivity contribution in [3.05, 3.63) is 48.0 Å². The van der Waals surface area contributed by atoms with Crippen molar-refractivity contribution in [3.63, 3.8) is 0 Å². The minimum absolute atomic E-state index is 0.641. The topological polar surface area (TPSA) is 47.3 Å². The number of rotatable bonds is 4. The molecule has 3 heteroatoms. The molecule has 0 bridgehead atoms. The number of nitrogen functional groups attached to an aromatic ring is 1. The molecule has 3 N–H and O–H groups in total. The normalized spacial score (nSPS) is 10.1. The molecule has 94 valence electrons. The molecule has 0 aromatic heterocycles. The van der Waals surface area contributed by atoms with E-state index in [2.05, 4.69) is 5.32 Å². The van der Waals surface area contributed by atoms with E-state index in [-0.39, 0.29) is 0 Å². The molecule has 18 heavy (non-hydrogen) atoms. The third-order valence-corrected chi connectivity index (χ3v) is 2.78. The molecule has 0 aliphatic rings. The van der Waals surface area contributed by atoms with Crippen molar-refractivity contribution in [2.24, 2.45) is 0 Å². The average Bonchev–Trinajstić information content (AvgIpc) is 2.37. The van der Waals surface area contributed by atoms with Crippen LogP contribution < -0.4 is 15.8 Å². The minimum Gasteiger partial charge on any atom is -0.492 e. The lowest BCUT2D eigenvalue weighted by atomic mass is 10.1. The van der Waals surface area contributed by atoms with Gasteiger partial charge in [0.2, 0.25) is 0 Å². The number of nitrogens with one attached hydrogen (secondary N) is 1. The molecule has 0 unspecified atom stereocenters. The summed E-state index contributed by atoms with van der Waals surface area (Å²) in [5.74, 6) is 0.834. The highest BCUT2D eigenvalue weighted by atomic mass is 16.5. The molecule has 0 saturated heterocycles. The van der Waals surface area contributed by atoms with Crippen LogP contribution in [0.25, 0.3) is 0 Å². The Balaban J connectivity index is 2.31. The fourth-order valence-electron chi connectivity index (χ4n) is 1.79. The lowest BCUT2D eigenvalue weighted by Crippen LogP contribution is -2.01. The van der Waals surface area contributed by atoms with Crippen LogP contribution in [0.4, 0.5) is 17.1 Å². The number of anilines is 3. The number of para-hydroxylation sites is 3. The van der Waals surface area contributed by atoms with Gasteiger partial charge in [0.1, 0.15) is 5.75 Å². The predicted molar refractivity (Wildman–Crippen MR) is 76.5 cm³/mol. The molecule has 0 atom stereocenters. The minimum atomic E-state index is 0.641. The summed E-state index contributed by atoms with van der Waals surface area (Å²) in [6, 6.07) is 13.8. The van der Waals surface area contributed by atoms with Gasteiger partial charge >= 0.3 is 0 Å². The zero-order chi connectivity index (χ0) is 13.0. The van der Waals surface area contributed by atoms with Crippen molar-refractivity contribution in [3.8, 4) is 5.75 Å². The lowest BCUT2D eigenvalue weighted by molar-refractivity contribution is 0.342. The standard InChI is InChI=1S/C15H18N2O/c1-3-18-14-10-5-4-8-12(14)17-13-9-6-7-11(2)15(13)16/h4-10,17H,3,16H2,1-2H3. The van der Waals surface area contributed by atoms with Crippen molar-refractivity contribution < 1.29 is 4.74 Å². The van der Waals surface area contributed by atoms with Gasteiger partial charge in [-0.3, -0.25) is 0 Å². The van der Waals surface area contributed by atoms with E-state index in [0.717, 1.165) is 28.4 Å². The van der Waals surface area contributed by atoms with Gasteiger partial charge in [-0.1, -0.05) is 24.3 Å². The fourth-order valence-corrected chi connectivity index (χ4v) is 1.79. The van der Waals surface area contributed by atoms with Gasteiger partial charge in [-0.2, -0.15) is 0 Å². The first-order chi connectivity index (χ1) is 8.72. The summed E-state index contributed by atoms with van der Waals surface area (Å²) in [5, 5.41) is 3.32. The number of hydrogen-bond donors (Lipinski definition) is 2. The summed E-state index contributed by atoms with van der Waals surface area (Å²) in [6.45, 7) is 4.61. The van der Waals surface area contributed by atoms with E-state index in [4.69, 9.17) is 10.5 Å². The molecule has 2 aromatic rings. The van der Waals surface area contributed by atoms with Crippen molar-refractivity contribution in [2.75, 3.05) is 17.7 Å². The van der Waals surface area contributed by atoms with Crippen LogP contribution in [0.15, 0.2) is 42.5 Å². The van der Waals surface area contributed by atoms with Crippen molar-refractivity contribution in [1.82, 2.24) is 0 Å². The monoisotopic (exact) mass is 242 g/mol. The summed E-state index contributed by atoms with van der Waals surface area (Å²) in [7, 11) is 0. The van der Waals surface area contributed by atoms with Gasteiger partial charge in [0.25, 0.3) is 0 Å². The Morgan fingerprint density at radius 1 is 1.06 bits per heavy atom. The van der Waals surface area contributed by atoms with E-state index in [0.29, 0.717) is 6.61 Å². The van der Waals surface area contributed by atoms with E-state index < -0.39 is 0 Å². The van der Waals surface area contributed by atoms with Crippen LogP contribution in [0.5, 0.6) is 5.75 Å². The van der Waals surface area contributed by atoms with Crippen LogP contribution in [0.3, 0.4) is 0 Å². The van der Waals surface area contributed by atoms with E-state index in [1.54, 1.807) is 0 Å². The van der Waals surface area contributed by atoms with Crippen LogP contribution >= 0.6 is 0 Å². The molecule has 0 aliphatic heterocycles. The Kier molecular flexibility index (Phi) is 3.72. The molecule has 0 heterocycles. The Hall–Kier alpha value is -2.16. The second-order valence-corrected chi connectivity index (χ2v) is 4.09. The molecular weight excluding hydrogens is 224 g/mol. The highest BCUT2D eigenvalue weighted by molar-refractivity contribution is 5.77. The first kappa shape index (κ1) is 12.3. The van der Waals surface area contributed by atoms with Crippen molar-refractivity contribution >= 4 is 17.1 Å². The number of benzene rings is 2. The highest BCUT2D eigenvalue weighted by Gasteiger charge is 2.05. The van der Waals surface area contributed by atoms with E-state index in [1.165, 1.54) is 0 Å². The van der Waals surface area contributed by atoms with E-state index >= 15 is 0 Å².